The molecule has 0 spiro atoms. The van der Waals surface area contributed by atoms with Crippen LogP contribution in [0.25, 0.3) is 0 Å². The summed E-state index contributed by atoms with van der Waals surface area (Å²) in [6, 6.07) is 0. The zero-order valence-electron chi connectivity index (χ0n) is 18.3. The number of halogens is 14. The highest BCUT2D eigenvalue weighted by atomic mass is 19.3. The molecule has 0 saturated heterocycles. The standard InChI is InChI=1S/C18H10F14O7/c1-5(2)8(35)38-3-6(33)37-4-7(34)39-12-16(27,28)9(19)13(21,22)10(20,17(12,29)30)15(25,26)11(36,14(9,23)24)18(12,31)32/h36H,1,3-4H2,2H3. The molecule has 4 aliphatic rings. The summed E-state index contributed by atoms with van der Waals surface area (Å²) in [4.78, 5) is 34.3. The van der Waals surface area contributed by atoms with Gasteiger partial charge in [-0.3, -0.25) is 0 Å². The molecule has 1 N–H and O–H groups in total. The quantitative estimate of drug-likeness (QED) is 0.216. The van der Waals surface area contributed by atoms with Crippen molar-refractivity contribution in [1.29, 1.82) is 0 Å². The maximum Gasteiger partial charge on any atom is 0.345 e. The van der Waals surface area contributed by atoms with E-state index in [-0.39, 0.29) is 5.57 Å². The molecule has 4 bridgehead atoms. The zero-order valence-corrected chi connectivity index (χ0v) is 18.3. The SMILES string of the molecule is C=C(C)C(=O)OCC(=O)OCC(=O)OC12C(F)(F)C3(O)C(F)(F)C(F)(C(F)(F)C(F)(C3(F)F)C1(F)F)C2(F)F. The van der Waals surface area contributed by atoms with Gasteiger partial charge >= 0.3 is 70.4 Å². The van der Waals surface area contributed by atoms with Crippen molar-refractivity contribution in [3.05, 3.63) is 12.2 Å². The molecular weight excluding hydrogens is 594 g/mol. The second kappa shape index (κ2) is 7.45. The van der Waals surface area contributed by atoms with Crippen LogP contribution in [0, 0.1) is 0 Å². The van der Waals surface area contributed by atoms with E-state index in [0.29, 0.717) is 0 Å². The fourth-order valence-corrected chi connectivity index (χ4v) is 4.66. The van der Waals surface area contributed by atoms with E-state index in [4.69, 9.17) is 0 Å². The molecule has 4 fully saturated rings. The van der Waals surface area contributed by atoms with Crippen LogP contribution in [0.5, 0.6) is 0 Å². The van der Waals surface area contributed by atoms with Crippen LogP contribution in [0.2, 0.25) is 0 Å². The molecule has 7 nitrogen and oxygen atoms in total. The molecule has 0 amide bonds. The predicted molar refractivity (Wildman–Crippen MR) is 87.9 cm³/mol. The second-order valence-corrected chi connectivity index (χ2v) is 8.65. The number of ether oxygens (including phenoxy) is 3. The van der Waals surface area contributed by atoms with E-state index in [9.17, 15) is 72.2 Å². The van der Waals surface area contributed by atoms with Gasteiger partial charge < -0.3 is 19.3 Å². The molecule has 4 aliphatic carbocycles. The van der Waals surface area contributed by atoms with Crippen LogP contribution in [0.15, 0.2) is 12.2 Å². The van der Waals surface area contributed by atoms with Crippen molar-refractivity contribution in [2.45, 2.75) is 65.0 Å². The number of esters is 3. The summed E-state index contributed by atoms with van der Waals surface area (Å²) in [6.07, 6.45) is 0. The van der Waals surface area contributed by atoms with Gasteiger partial charge in [0.2, 0.25) is 0 Å². The Labute approximate surface area is 204 Å². The number of hydrogen-bond acceptors (Lipinski definition) is 7. The smallest absolute Gasteiger partial charge is 0.345 e. The Kier molecular flexibility index (Phi) is 5.86. The molecule has 222 valence electrons. The van der Waals surface area contributed by atoms with Gasteiger partial charge in [-0.25, -0.2) is 23.2 Å². The number of alkyl halides is 14. The first kappa shape index (κ1) is 30.7. The highest BCUT2D eigenvalue weighted by Crippen LogP contribution is 2.87. The first-order valence-electron chi connectivity index (χ1n) is 9.69. The lowest BCUT2D eigenvalue weighted by atomic mass is 9.39. The first-order valence-corrected chi connectivity index (χ1v) is 9.69. The third kappa shape index (κ3) is 2.50. The minimum Gasteiger partial charge on any atom is -0.451 e. The van der Waals surface area contributed by atoms with Gasteiger partial charge in [-0.05, 0) is 6.92 Å². The molecule has 0 aromatic heterocycles. The van der Waals surface area contributed by atoms with Crippen LogP contribution >= 0.6 is 0 Å². The molecule has 0 aromatic carbocycles. The van der Waals surface area contributed by atoms with Crippen LogP contribution in [0.3, 0.4) is 0 Å². The maximum atomic E-state index is 15.0. The second-order valence-electron chi connectivity index (χ2n) is 8.65. The van der Waals surface area contributed by atoms with E-state index in [1.54, 1.807) is 0 Å². The summed E-state index contributed by atoms with van der Waals surface area (Å²) in [5, 5.41) is 9.51. The molecule has 0 aromatic rings. The third-order valence-electron chi connectivity index (χ3n) is 6.57. The Morgan fingerprint density at radius 3 is 1.38 bits per heavy atom. The maximum absolute atomic E-state index is 15.0. The normalized spacial score (nSPS) is 39.0. The van der Waals surface area contributed by atoms with Gasteiger partial charge in [-0.15, -0.1) is 0 Å². The van der Waals surface area contributed by atoms with Crippen molar-refractivity contribution in [2.75, 3.05) is 13.2 Å². The van der Waals surface area contributed by atoms with E-state index in [0.717, 1.165) is 6.92 Å². The van der Waals surface area contributed by atoms with Crippen LogP contribution < -0.4 is 0 Å². The number of aliphatic hydroxyl groups is 1. The highest BCUT2D eigenvalue weighted by molar-refractivity contribution is 5.88. The Balaban J connectivity index is 2.17. The Bertz CT molecular complexity index is 1050. The van der Waals surface area contributed by atoms with Crippen LogP contribution in [-0.4, -0.2) is 94.3 Å². The highest BCUT2D eigenvalue weighted by Gasteiger charge is 3.23. The van der Waals surface area contributed by atoms with Crippen molar-refractivity contribution in [3.8, 4) is 0 Å². The van der Waals surface area contributed by atoms with E-state index < -0.39 is 89.2 Å². The van der Waals surface area contributed by atoms with Crippen molar-refractivity contribution < 1.29 is 95.2 Å². The molecule has 39 heavy (non-hydrogen) atoms. The fourth-order valence-electron chi connectivity index (χ4n) is 4.66. The lowest BCUT2D eigenvalue weighted by Gasteiger charge is -2.74. The topological polar surface area (TPSA) is 99.1 Å². The minimum atomic E-state index is -7.96. The molecule has 2 unspecified atom stereocenters. The number of rotatable bonds is 6. The van der Waals surface area contributed by atoms with Crippen LogP contribution in [0.1, 0.15) is 6.92 Å². The lowest BCUT2D eigenvalue weighted by molar-refractivity contribution is -0.623. The van der Waals surface area contributed by atoms with Gasteiger partial charge in [0.25, 0.3) is 5.60 Å². The van der Waals surface area contributed by atoms with Crippen LogP contribution in [0.4, 0.5) is 61.5 Å². The summed E-state index contributed by atoms with van der Waals surface area (Å²) >= 11 is 0. The summed E-state index contributed by atoms with van der Waals surface area (Å²) in [7, 11) is 0. The monoisotopic (exact) mass is 604 g/mol. The minimum absolute atomic E-state index is 0.348. The molecule has 2 atom stereocenters. The molecule has 0 aliphatic heterocycles. The number of carbonyl (C=O) groups is 3. The summed E-state index contributed by atoms with van der Waals surface area (Å²) in [6.45, 7) is 0.157. The van der Waals surface area contributed by atoms with Gasteiger partial charge in [-0.2, -0.15) is 52.7 Å². The Morgan fingerprint density at radius 1 is 0.615 bits per heavy atom. The first-order chi connectivity index (χ1) is 17.1. The van der Waals surface area contributed by atoms with Gasteiger partial charge in [-0.1, -0.05) is 6.58 Å². The third-order valence-corrected chi connectivity index (χ3v) is 6.57. The lowest BCUT2D eigenvalue weighted by Crippen LogP contribution is -3.10. The predicted octanol–water partition coefficient (Wildman–Crippen LogP) is 2.93. The molecular formula is C18H10F14O7. The summed E-state index contributed by atoms with van der Waals surface area (Å²) in [5.41, 5.74) is -30.7. The van der Waals surface area contributed by atoms with Crippen LogP contribution in [-0.2, 0) is 28.6 Å². The molecule has 0 heterocycles. The van der Waals surface area contributed by atoms with E-state index in [2.05, 4.69) is 20.8 Å². The molecule has 21 heteroatoms. The molecule has 4 rings (SSSR count). The van der Waals surface area contributed by atoms with Gasteiger partial charge in [0.05, 0.1) is 0 Å². The summed E-state index contributed by atoms with van der Waals surface area (Å²) in [5.74, 6) is -53.5. The Morgan fingerprint density at radius 2 is 1.00 bits per heavy atom. The van der Waals surface area contributed by atoms with Crippen molar-refractivity contribution in [1.82, 2.24) is 0 Å². The van der Waals surface area contributed by atoms with Crippen molar-refractivity contribution in [3.63, 3.8) is 0 Å². The largest absolute Gasteiger partial charge is 0.451 e. The van der Waals surface area contributed by atoms with Gasteiger partial charge in [0.1, 0.15) is 0 Å². The Hall–Kier alpha value is -2.87. The van der Waals surface area contributed by atoms with E-state index >= 15 is 8.78 Å². The van der Waals surface area contributed by atoms with Crippen molar-refractivity contribution in [2.24, 2.45) is 0 Å². The average molecular weight is 604 g/mol. The van der Waals surface area contributed by atoms with E-state index in [1.165, 1.54) is 0 Å². The number of carbonyl (C=O) groups excluding carboxylic acids is 3. The molecule has 4 saturated carbocycles. The van der Waals surface area contributed by atoms with E-state index in [1.807, 2.05) is 0 Å². The summed E-state index contributed by atoms with van der Waals surface area (Å²) < 4.78 is 217. The fraction of sp³-hybridized carbons (Fsp3) is 0.722. The van der Waals surface area contributed by atoms with Gasteiger partial charge in [0, 0.05) is 5.57 Å². The molecule has 0 radical (unpaired) electrons. The van der Waals surface area contributed by atoms with Crippen molar-refractivity contribution >= 4 is 17.9 Å². The number of hydrogen-bond donors (Lipinski definition) is 1. The average Bonchev–Trinajstić information content (AvgIpc) is 2.78. The van der Waals surface area contributed by atoms with Gasteiger partial charge in [0.15, 0.2) is 13.2 Å². The zero-order chi connectivity index (χ0) is 30.8.